The lowest BCUT2D eigenvalue weighted by atomic mass is 10.1. The van der Waals surface area contributed by atoms with Gasteiger partial charge < -0.3 is 10.0 Å². The first kappa shape index (κ1) is 14.7. The van der Waals surface area contributed by atoms with Crippen molar-refractivity contribution in [1.82, 2.24) is 4.90 Å². The molecule has 0 saturated carbocycles. The van der Waals surface area contributed by atoms with E-state index in [9.17, 15) is 9.59 Å². The van der Waals surface area contributed by atoms with Crippen molar-refractivity contribution in [2.24, 2.45) is 0 Å². The molecular weight excluding hydrogens is 298 g/mol. The van der Waals surface area contributed by atoms with Crippen LogP contribution in [0.3, 0.4) is 0 Å². The molecule has 1 atom stereocenters. The highest BCUT2D eigenvalue weighted by molar-refractivity contribution is 9.10. The van der Waals surface area contributed by atoms with Crippen molar-refractivity contribution >= 4 is 27.8 Å². The number of nitrogens with zero attached hydrogens (tertiary/aromatic N) is 1. The van der Waals surface area contributed by atoms with Gasteiger partial charge in [0, 0.05) is 11.5 Å². The molecule has 0 bridgehead atoms. The molecule has 0 spiro atoms. The maximum absolute atomic E-state index is 11.9. The van der Waals surface area contributed by atoms with Crippen LogP contribution in [0, 0.1) is 6.92 Å². The van der Waals surface area contributed by atoms with Gasteiger partial charge in [-0.25, -0.2) is 4.79 Å². The van der Waals surface area contributed by atoms with Crippen molar-refractivity contribution < 1.29 is 14.7 Å². The number of carbonyl (C=O) groups is 2. The van der Waals surface area contributed by atoms with Crippen molar-refractivity contribution in [3.05, 3.63) is 33.8 Å². The summed E-state index contributed by atoms with van der Waals surface area (Å²) in [5.74, 6) is -1.20. The van der Waals surface area contributed by atoms with Gasteiger partial charge in [0.2, 0.25) is 5.91 Å². The Kier molecular flexibility index (Phi) is 4.90. The predicted molar refractivity (Wildman–Crippen MR) is 72.5 cm³/mol. The lowest BCUT2D eigenvalue weighted by molar-refractivity contribution is -0.148. The molecule has 0 fully saturated rings. The Balaban J connectivity index is 2.78. The molecule has 18 heavy (non-hydrogen) atoms. The van der Waals surface area contributed by atoms with Crippen LogP contribution in [0.15, 0.2) is 22.7 Å². The second-order valence-corrected chi connectivity index (χ2v) is 5.18. The van der Waals surface area contributed by atoms with Gasteiger partial charge in [0.25, 0.3) is 0 Å². The van der Waals surface area contributed by atoms with Crippen LogP contribution in [0.5, 0.6) is 0 Å². The molecule has 1 N–H and O–H groups in total. The molecule has 1 unspecified atom stereocenters. The van der Waals surface area contributed by atoms with E-state index in [4.69, 9.17) is 5.11 Å². The van der Waals surface area contributed by atoms with Gasteiger partial charge >= 0.3 is 5.97 Å². The molecule has 1 amide bonds. The largest absolute Gasteiger partial charge is 0.480 e. The number of rotatable bonds is 4. The van der Waals surface area contributed by atoms with E-state index in [-0.39, 0.29) is 12.3 Å². The third kappa shape index (κ3) is 3.57. The molecule has 1 aromatic carbocycles. The third-order valence-corrected chi connectivity index (χ3v) is 3.47. The Labute approximate surface area is 115 Å². The Hall–Kier alpha value is -1.36. The first-order valence-corrected chi connectivity index (χ1v) is 6.35. The van der Waals surface area contributed by atoms with Crippen molar-refractivity contribution in [3.63, 3.8) is 0 Å². The number of aliphatic carboxylic acids is 1. The molecule has 0 aromatic heterocycles. The van der Waals surface area contributed by atoms with E-state index in [2.05, 4.69) is 15.9 Å². The Morgan fingerprint density at radius 1 is 1.44 bits per heavy atom. The van der Waals surface area contributed by atoms with Gasteiger partial charge in [0.15, 0.2) is 0 Å². The topological polar surface area (TPSA) is 57.6 Å². The molecule has 0 saturated heterocycles. The number of hydrogen-bond donors (Lipinski definition) is 1. The number of benzene rings is 1. The number of amides is 1. The summed E-state index contributed by atoms with van der Waals surface area (Å²) in [6.45, 7) is 3.42. The zero-order chi connectivity index (χ0) is 13.9. The molecule has 98 valence electrons. The Bertz CT molecular complexity index is 473. The van der Waals surface area contributed by atoms with Crippen molar-refractivity contribution in [3.8, 4) is 0 Å². The van der Waals surface area contributed by atoms with Crippen LogP contribution in [-0.4, -0.2) is 35.0 Å². The lowest BCUT2D eigenvalue weighted by Gasteiger charge is -2.21. The third-order valence-electron chi connectivity index (χ3n) is 2.98. The summed E-state index contributed by atoms with van der Waals surface area (Å²) in [4.78, 5) is 24.0. The number of carboxylic acids is 1. The smallest absolute Gasteiger partial charge is 0.326 e. The zero-order valence-electron chi connectivity index (χ0n) is 10.6. The Morgan fingerprint density at radius 3 is 2.56 bits per heavy atom. The second kappa shape index (κ2) is 6.00. The lowest BCUT2D eigenvalue weighted by Crippen LogP contribution is -2.41. The van der Waals surface area contributed by atoms with Crippen molar-refractivity contribution in [2.75, 3.05) is 7.05 Å². The molecule has 5 heteroatoms. The zero-order valence-corrected chi connectivity index (χ0v) is 12.2. The van der Waals surface area contributed by atoms with Gasteiger partial charge in [-0.1, -0.05) is 22.0 Å². The fourth-order valence-electron chi connectivity index (χ4n) is 1.53. The first-order valence-electron chi connectivity index (χ1n) is 5.56. The van der Waals surface area contributed by atoms with Crippen LogP contribution in [0.1, 0.15) is 18.1 Å². The van der Waals surface area contributed by atoms with E-state index < -0.39 is 12.0 Å². The highest BCUT2D eigenvalue weighted by atomic mass is 79.9. The standard InChI is InChI=1S/C13H16BrNO3/c1-8-6-11(14)5-4-10(8)7-12(16)15(3)9(2)13(17)18/h4-6,9H,7H2,1-3H3,(H,17,18). The van der Waals surface area contributed by atoms with Gasteiger partial charge in [-0.2, -0.15) is 0 Å². The van der Waals surface area contributed by atoms with Gasteiger partial charge in [0.05, 0.1) is 6.42 Å². The molecule has 0 radical (unpaired) electrons. The summed E-state index contributed by atoms with van der Waals surface area (Å²) in [5.41, 5.74) is 1.92. The maximum Gasteiger partial charge on any atom is 0.326 e. The van der Waals surface area contributed by atoms with Crippen LogP contribution in [-0.2, 0) is 16.0 Å². The first-order chi connectivity index (χ1) is 8.32. The quantitative estimate of drug-likeness (QED) is 0.927. The van der Waals surface area contributed by atoms with E-state index in [0.717, 1.165) is 15.6 Å². The summed E-state index contributed by atoms with van der Waals surface area (Å²) in [6, 6.07) is 4.86. The van der Waals surface area contributed by atoms with E-state index in [1.54, 1.807) is 0 Å². The molecular formula is C13H16BrNO3. The van der Waals surface area contributed by atoms with E-state index >= 15 is 0 Å². The number of carboxylic acid groups (broad SMARTS) is 1. The van der Waals surface area contributed by atoms with Crippen LogP contribution < -0.4 is 0 Å². The van der Waals surface area contributed by atoms with Crippen LogP contribution in [0.4, 0.5) is 0 Å². The van der Waals surface area contributed by atoms with Crippen LogP contribution in [0.25, 0.3) is 0 Å². The molecule has 4 nitrogen and oxygen atoms in total. The Morgan fingerprint density at radius 2 is 2.06 bits per heavy atom. The van der Waals surface area contributed by atoms with E-state index in [1.807, 2.05) is 25.1 Å². The summed E-state index contributed by atoms with van der Waals surface area (Å²) < 4.78 is 0.962. The minimum atomic E-state index is -1.00. The molecule has 0 aliphatic rings. The fourth-order valence-corrected chi connectivity index (χ4v) is 2.00. The van der Waals surface area contributed by atoms with Gasteiger partial charge in [0.1, 0.15) is 6.04 Å². The molecule has 1 aromatic rings. The van der Waals surface area contributed by atoms with Crippen molar-refractivity contribution in [1.29, 1.82) is 0 Å². The normalized spacial score (nSPS) is 12.0. The van der Waals surface area contributed by atoms with E-state index in [1.165, 1.54) is 18.9 Å². The predicted octanol–water partition coefficient (Wildman–Crippen LogP) is 2.23. The average molecular weight is 314 g/mol. The fraction of sp³-hybridized carbons (Fsp3) is 0.385. The number of likely N-dealkylation sites (N-methyl/N-ethyl adjacent to an activating group) is 1. The molecule has 0 aliphatic carbocycles. The highest BCUT2D eigenvalue weighted by Crippen LogP contribution is 2.17. The molecule has 0 heterocycles. The van der Waals surface area contributed by atoms with Gasteiger partial charge in [-0.3, -0.25) is 4.79 Å². The summed E-state index contributed by atoms with van der Waals surface area (Å²) in [7, 11) is 1.51. The average Bonchev–Trinajstić information content (AvgIpc) is 2.30. The minimum Gasteiger partial charge on any atom is -0.480 e. The van der Waals surface area contributed by atoms with Crippen molar-refractivity contribution in [2.45, 2.75) is 26.3 Å². The summed E-state index contributed by atoms with van der Waals surface area (Å²) in [6.07, 6.45) is 0.216. The molecule has 1 rings (SSSR count). The second-order valence-electron chi connectivity index (χ2n) is 4.27. The van der Waals surface area contributed by atoms with Crippen LogP contribution >= 0.6 is 15.9 Å². The summed E-state index contributed by atoms with van der Waals surface area (Å²) in [5, 5.41) is 8.86. The number of aryl methyl sites for hydroxylation is 1. The number of hydrogen-bond acceptors (Lipinski definition) is 2. The molecule has 0 aliphatic heterocycles. The monoisotopic (exact) mass is 313 g/mol. The van der Waals surface area contributed by atoms with E-state index in [0.29, 0.717) is 0 Å². The van der Waals surface area contributed by atoms with Crippen LogP contribution in [0.2, 0.25) is 0 Å². The number of carbonyl (C=O) groups excluding carboxylic acids is 1. The van der Waals surface area contributed by atoms with Gasteiger partial charge in [-0.05, 0) is 37.1 Å². The number of halogens is 1. The highest BCUT2D eigenvalue weighted by Gasteiger charge is 2.21. The maximum atomic E-state index is 11.9. The van der Waals surface area contributed by atoms with Gasteiger partial charge in [-0.15, -0.1) is 0 Å². The minimum absolute atomic E-state index is 0.199. The SMILES string of the molecule is Cc1cc(Br)ccc1CC(=O)N(C)C(C)C(=O)O. The summed E-state index contributed by atoms with van der Waals surface area (Å²) >= 11 is 3.36.